The van der Waals surface area contributed by atoms with Crippen molar-refractivity contribution in [2.24, 2.45) is 5.10 Å². The Morgan fingerprint density at radius 1 is 0.903 bits per heavy atom. The molecular formula is C25H19ClN2O3. The molecule has 31 heavy (non-hydrogen) atoms. The maximum absolute atomic E-state index is 13.0. The summed E-state index contributed by atoms with van der Waals surface area (Å²) in [5.74, 6) is 0.390. The van der Waals surface area contributed by atoms with Crippen LogP contribution in [-0.2, 0) is 10.4 Å². The molecule has 0 saturated carbocycles. The molecule has 0 aliphatic carbocycles. The Labute approximate surface area is 184 Å². The van der Waals surface area contributed by atoms with Crippen LogP contribution in [-0.4, -0.2) is 17.2 Å². The standard InChI is InChI=1S/C25H19ClN2O3/c26-21-13-7-8-18(16-21)23-15-14-22(31-23)17-27-28-24(29)25(30,19-9-3-1-4-10-19)20-11-5-2-6-12-20/h1-17,30H,(H,28,29)/b27-17+. The summed E-state index contributed by atoms with van der Waals surface area (Å²) in [4.78, 5) is 13.0. The van der Waals surface area contributed by atoms with E-state index in [2.05, 4.69) is 10.5 Å². The van der Waals surface area contributed by atoms with Crippen LogP contribution in [0, 0.1) is 0 Å². The fourth-order valence-corrected chi connectivity index (χ4v) is 3.43. The summed E-state index contributed by atoms with van der Waals surface area (Å²) in [5, 5.41) is 16.0. The number of rotatable bonds is 6. The van der Waals surface area contributed by atoms with Gasteiger partial charge >= 0.3 is 0 Å². The highest BCUT2D eigenvalue weighted by Gasteiger charge is 2.39. The molecule has 0 fully saturated rings. The van der Waals surface area contributed by atoms with Gasteiger partial charge in [0.05, 0.1) is 6.21 Å². The van der Waals surface area contributed by atoms with Crippen molar-refractivity contribution in [3.63, 3.8) is 0 Å². The van der Waals surface area contributed by atoms with E-state index in [9.17, 15) is 9.90 Å². The van der Waals surface area contributed by atoms with Crippen LogP contribution < -0.4 is 5.43 Å². The van der Waals surface area contributed by atoms with Crippen molar-refractivity contribution in [2.45, 2.75) is 5.60 Å². The molecule has 0 atom stereocenters. The highest BCUT2D eigenvalue weighted by molar-refractivity contribution is 6.30. The number of furan rings is 1. The minimum atomic E-state index is -1.89. The van der Waals surface area contributed by atoms with Crippen molar-refractivity contribution < 1.29 is 14.3 Å². The van der Waals surface area contributed by atoms with E-state index in [-0.39, 0.29) is 0 Å². The van der Waals surface area contributed by atoms with Gasteiger partial charge in [0, 0.05) is 10.6 Å². The van der Waals surface area contributed by atoms with E-state index in [4.69, 9.17) is 16.0 Å². The van der Waals surface area contributed by atoms with Crippen LogP contribution in [0.15, 0.2) is 107 Å². The fraction of sp³-hybridized carbons (Fsp3) is 0.0400. The van der Waals surface area contributed by atoms with E-state index in [1.54, 1.807) is 72.8 Å². The first kappa shape index (κ1) is 20.6. The van der Waals surface area contributed by atoms with Crippen molar-refractivity contribution in [1.29, 1.82) is 0 Å². The van der Waals surface area contributed by atoms with Gasteiger partial charge in [-0.15, -0.1) is 0 Å². The predicted molar refractivity (Wildman–Crippen MR) is 121 cm³/mol. The third-order valence-corrected chi connectivity index (χ3v) is 5.04. The topological polar surface area (TPSA) is 74.8 Å². The van der Waals surface area contributed by atoms with E-state index < -0.39 is 11.5 Å². The highest BCUT2D eigenvalue weighted by Crippen LogP contribution is 2.30. The molecule has 1 amide bonds. The number of nitrogens with one attached hydrogen (secondary N) is 1. The normalized spacial score (nSPS) is 11.5. The Bertz CT molecular complexity index is 1160. The van der Waals surface area contributed by atoms with Crippen LogP contribution in [0.5, 0.6) is 0 Å². The molecule has 4 aromatic rings. The minimum Gasteiger partial charge on any atom is -0.455 e. The Hall–Kier alpha value is -3.67. The molecule has 0 spiro atoms. The molecule has 3 aromatic carbocycles. The molecular weight excluding hydrogens is 412 g/mol. The van der Waals surface area contributed by atoms with E-state index in [1.807, 2.05) is 24.3 Å². The molecule has 0 saturated heterocycles. The third-order valence-electron chi connectivity index (χ3n) is 4.81. The van der Waals surface area contributed by atoms with E-state index in [1.165, 1.54) is 6.21 Å². The second-order valence-corrected chi connectivity index (χ2v) is 7.29. The highest BCUT2D eigenvalue weighted by atomic mass is 35.5. The second kappa shape index (κ2) is 9.00. The lowest BCUT2D eigenvalue weighted by Crippen LogP contribution is -2.43. The number of hydrogen-bond donors (Lipinski definition) is 2. The van der Waals surface area contributed by atoms with E-state index in [0.717, 1.165) is 5.56 Å². The number of carbonyl (C=O) groups excluding carboxylic acids is 1. The number of benzene rings is 3. The van der Waals surface area contributed by atoms with E-state index >= 15 is 0 Å². The molecule has 0 aliphatic heterocycles. The van der Waals surface area contributed by atoms with Crippen molar-refractivity contribution >= 4 is 23.7 Å². The first-order valence-electron chi connectivity index (χ1n) is 9.60. The first-order valence-corrected chi connectivity index (χ1v) is 9.98. The molecule has 0 aliphatic rings. The zero-order chi connectivity index (χ0) is 21.7. The lowest BCUT2D eigenvalue weighted by atomic mass is 9.85. The summed E-state index contributed by atoms with van der Waals surface area (Å²) in [5.41, 5.74) is 2.24. The van der Waals surface area contributed by atoms with Gasteiger partial charge in [0.2, 0.25) is 0 Å². The Balaban J connectivity index is 1.54. The molecule has 0 bridgehead atoms. The Morgan fingerprint density at radius 3 is 2.16 bits per heavy atom. The molecule has 1 aromatic heterocycles. The van der Waals surface area contributed by atoms with Crippen molar-refractivity contribution in [3.05, 3.63) is 119 Å². The summed E-state index contributed by atoms with van der Waals surface area (Å²) in [6.45, 7) is 0. The Morgan fingerprint density at radius 2 is 1.55 bits per heavy atom. The van der Waals surface area contributed by atoms with Gasteiger partial charge in [-0.05, 0) is 35.4 Å². The minimum absolute atomic E-state index is 0.440. The number of hydrazone groups is 1. The average Bonchev–Trinajstić information content (AvgIpc) is 3.28. The average molecular weight is 431 g/mol. The van der Waals surface area contributed by atoms with Crippen LogP contribution >= 0.6 is 11.6 Å². The largest absolute Gasteiger partial charge is 0.455 e. The first-order chi connectivity index (χ1) is 15.1. The molecule has 0 radical (unpaired) electrons. The molecule has 2 N–H and O–H groups in total. The lowest BCUT2D eigenvalue weighted by molar-refractivity contribution is -0.136. The van der Waals surface area contributed by atoms with Gasteiger partial charge in [-0.3, -0.25) is 4.79 Å². The molecule has 0 unspecified atom stereocenters. The van der Waals surface area contributed by atoms with Crippen LogP contribution in [0.4, 0.5) is 0 Å². The summed E-state index contributed by atoms with van der Waals surface area (Å²) in [6.07, 6.45) is 1.38. The fourth-order valence-electron chi connectivity index (χ4n) is 3.24. The smallest absolute Gasteiger partial charge is 0.281 e. The Kier molecular flexibility index (Phi) is 5.98. The van der Waals surface area contributed by atoms with Gasteiger partial charge < -0.3 is 9.52 Å². The second-order valence-electron chi connectivity index (χ2n) is 6.85. The molecule has 6 heteroatoms. The quantitative estimate of drug-likeness (QED) is 0.334. The summed E-state index contributed by atoms with van der Waals surface area (Å²) >= 11 is 6.02. The maximum atomic E-state index is 13.0. The number of nitrogens with zero attached hydrogens (tertiary/aromatic N) is 1. The van der Waals surface area contributed by atoms with Crippen molar-refractivity contribution in [1.82, 2.24) is 5.43 Å². The number of amides is 1. The molecule has 154 valence electrons. The monoisotopic (exact) mass is 430 g/mol. The van der Waals surface area contributed by atoms with Crippen LogP contribution in [0.1, 0.15) is 16.9 Å². The zero-order valence-electron chi connectivity index (χ0n) is 16.4. The third kappa shape index (κ3) is 4.43. The van der Waals surface area contributed by atoms with Crippen LogP contribution in [0.25, 0.3) is 11.3 Å². The SMILES string of the molecule is O=C(N/N=C/c1ccc(-c2cccc(Cl)c2)o1)C(O)(c1ccccc1)c1ccccc1. The van der Waals surface area contributed by atoms with Crippen molar-refractivity contribution in [3.8, 4) is 11.3 Å². The van der Waals surface area contributed by atoms with Crippen LogP contribution in [0.2, 0.25) is 5.02 Å². The summed E-state index contributed by atoms with van der Waals surface area (Å²) < 4.78 is 5.74. The van der Waals surface area contributed by atoms with Gasteiger partial charge in [-0.25, -0.2) is 5.43 Å². The summed E-state index contributed by atoms with van der Waals surface area (Å²) in [7, 11) is 0. The van der Waals surface area contributed by atoms with Gasteiger partial charge in [0.25, 0.3) is 5.91 Å². The number of halogens is 1. The lowest BCUT2D eigenvalue weighted by Gasteiger charge is -2.26. The zero-order valence-corrected chi connectivity index (χ0v) is 17.2. The summed E-state index contributed by atoms with van der Waals surface area (Å²) in [6, 6.07) is 28.3. The van der Waals surface area contributed by atoms with Gasteiger partial charge in [0.1, 0.15) is 11.5 Å². The van der Waals surface area contributed by atoms with E-state index in [0.29, 0.717) is 27.7 Å². The van der Waals surface area contributed by atoms with Gasteiger partial charge in [0.15, 0.2) is 5.60 Å². The number of hydrogen-bond acceptors (Lipinski definition) is 4. The van der Waals surface area contributed by atoms with Crippen molar-refractivity contribution in [2.75, 3.05) is 0 Å². The maximum Gasteiger partial charge on any atom is 0.281 e. The molecule has 1 heterocycles. The predicted octanol–water partition coefficient (Wildman–Crippen LogP) is 4.99. The van der Waals surface area contributed by atoms with Crippen LogP contribution in [0.3, 0.4) is 0 Å². The van der Waals surface area contributed by atoms with Gasteiger partial charge in [-0.1, -0.05) is 84.4 Å². The van der Waals surface area contributed by atoms with Gasteiger partial charge in [-0.2, -0.15) is 5.10 Å². The molecule has 4 rings (SSSR count). The number of carbonyl (C=O) groups is 1. The molecule has 5 nitrogen and oxygen atoms in total. The number of aliphatic hydroxyl groups is 1.